The molecule has 0 heterocycles. The zero-order chi connectivity index (χ0) is 17.6. The largest absolute Gasteiger partial charge is 0.298 e. The Kier molecular flexibility index (Phi) is 7.42. The predicted octanol–water partition coefficient (Wildman–Crippen LogP) is 3.69. The first kappa shape index (κ1) is 19.8. The molecule has 1 aromatic carbocycles. The lowest BCUT2D eigenvalue weighted by molar-refractivity contribution is -0.121. The summed E-state index contributed by atoms with van der Waals surface area (Å²) >= 11 is 0. The van der Waals surface area contributed by atoms with Gasteiger partial charge in [0.05, 0.1) is 10.9 Å². The Balaban J connectivity index is 2.90. The maximum atomic E-state index is 12.5. The Labute approximate surface area is 140 Å². The van der Waals surface area contributed by atoms with Crippen LogP contribution in [0.4, 0.5) is 0 Å². The first-order valence-electron chi connectivity index (χ1n) is 8.23. The van der Waals surface area contributed by atoms with Gasteiger partial charge in [-0.15, -0.1) is 0 Å². The van der Waals surface area contributed by atoms with E-state index >= 15 is 0 Å². The zero-order valence-electron chi connectivity index (χ0n) is 14.8. The van der Waals surface area contributed by atoms with Crippen molar-refractivity contribution in [3.8, 4) is 0 Å². The predicted molar refractivity (Wildman–Crippen MR) is 93.8 cm³/mol. The quantitative estimate of drug-likeness (QED) is 0.746. The molecular formula is C18H29NO3S. The van der Waals surface area contributed by atoms with Gasteiger partial charge < -0.3 is 0 Å². The average Bonchev–Trinajstić information content (AvgIpc) is 2.43. The molecule has 1 rings (SSSR count). The van der Waals surface area contributed by atoms with Gasteiger partial charge in [0.15, 0.2) is 5.78 Å². The molecule has 0 spiro atoms. The van der Waals surface area contributed by atoms with Gasteiger partial charge in [-0.1, -0.05) is 45.4 Å². The Morgan fingerprint density at radius 3 is 2.09 bits per heavy atom. The van der Waals surface area contributed by atoms with E-state index in [2.05, 4.69) is 18.6 Å². The highest BCUT2D eigenvalue weighted by Gasteiger charge is 2.26. The summed E-state index contributed by atoms with van der Waals surface area (Å²) in [4.78, 5) is 12.6. The van der Waals surface area contributed by atoms with E-state index in [-0.39, 0.29) is 16.6 Å². The zero-order valence-corrected chi connectivity index (χ0v) is 15.6. The van der Waals surface area contributed by atoms with Crippen LogP contribution >= 0.6 is 0 Å². The molecule has 1 atom stereocenters. The fourth-order valence-corrected chi connectivity index (χ4v) is 3.53. The maximum absolute atomic E-state index is 12.5. The van der Waals surface area contributed by atoms with Crippen molar-refractivity contribution < 1.29 is 13.2 Å². The fraction of sp³-hybridized carbons (Fsp3) is 0.611. The molecule has 5 heteroatoms. The van der Waals surface area contributed by atoms with Crippen LogP contribution in [0.15, 0.2) is 29.2 Å². The molecule has 0 saturated heterocycles. The highest BCUT2D eigenvalue weighted by Crippen LogP contribution is 2.16. The second-order valence-electron chi connectivity index (χ2n) is 7.02. The van der Waals surface area contributed by atoms with Crippen molar-refractivity contribution in [2.24, 2.45) is 11.8 Å². The second-order valence-corrected chi connectivity index (χ2v) is 8.73. The first-order valence-corrected chi connectivity index (χ1v) is 9.72. The lowest BCUT2D eigenvalue weighted by atomic mass is 9.96. The van der Waals surface area contributed by atoms with E-state index in [0.29, 0.717) is 18.8 Å². The van der Waals surface area contributed by atoms with Gasteiger partial charge in [-0.3, -0.25) is 4.79 Å². The highest BCUT2D eigenvalue weighted by atomic mass is 32.2. The summed E-state index contributed by atoms with van der Waals surface area (Å²) in [5.74, 6) is 0.638. The van der Waals surface area contributed by atoms with Crippen molar-refractivity contribution in [1.82, 2.24) is 4.72 Å². The molecular weight excluding hydrogens is 310 g/mol. The van der Waals surface area contributed by atoms with Crippen LogP contribution in [0.3, 0.4) is 0 Å². The lowest BCUT2D eigenvalue weighted by Gasteiger charge is -2.20. The minimum atomic E-state index is -3.68. The molecule has 0 aromatic heterocycles. The van der Waals surface area contributed by atoms with Gasteiger partial charge in [-0.25, -0.2) is 13.1 Å². The summed E-state index contributed by atoms with van der Waals surface area (Å²) in [7, 11) is -3.68. The van der Waals surface area contributed by atoms with Crippen molar-refractivity contribution >= 4 is 15.8 Å². The standard InChI is InChI=1S/C18H29NO3S/c1-13(2)6-11-18(20)17(12-14(3)4)19-23(21,22)16-9-7-15(5)8-10-16/h7-10,13-14,17,19H,6,11-12H2,1-5H3/t17-/m0/s1. The molecule has 1 N–H and O–H groups in total. The van der Waals surface area contributed by atoms with Gasteiger partial charge in [0, 0.05) is 6.42 Å². The van der Waals surface area contributed by atoms with Crippen LogP contribution in [0.2, 0.25) is 0 Å². The normalized spacial score (nSPS) is 13.5. The number of benzene rings is 1. The van der Waals surface area contributed by atoms with Crippen LogP contribution in [0.25, 0.3) is 0 Å². The van der Waals surface area contributed by atoms with Crippen molar-refractivity contribution in [1.29, 1.82) is 0 Å². The minimum absolute atomic E-state index is 0.0249. The Morgan fingerprint density at radius 2 is 1.61 bits per heavy atom. The number of ketones is 1. The summed E-state index contributed by atoms with van der Waals surface area (Å²) in [6.07, 6.45) is 1.70. The van der Waals surface area contributed by atoms with E-state index in [4.69, 9.17) is 0 Å². The number of carbonyl (C=O) groups is 1. The topological polar surface area (TPSA) is 63.2 Å². The van der Waals surface area contributed by atoms with Gasteiger partial charge in [-0.2, -0.15) is 0 Å². The van der Waals surface area contributed by atoms with Crippen molar-refractivity contribution in [3.05, 3.63) is 29.8 Å². The van der Waals surface area contributed by atoms with E-state index in [1.807, 2.05) is 20.8 Å². The number of hydrogen-bond acceptors (Lipinski definition) is 3. The lowest BCUT2D eigenvalue weighted by Crippen LogP contribution is -2.41. The number of aryl methyl sites for hydroxylation is 1. The summed E-state index contributed by atoms with van der Waals surface area (Å²) in [5.41, 5.74) is 0.996. The molecule has 23 heavy (non-hydrogen) atoms. The Morgan fingerprint density at radius 1 is 1.04 bits per heavy atom. The monoisotopic (exact) mass is 339 g/mol. The molecule has 130 valence electrons. The maximum Gasteiger partial charge on any atom is 0.241 e. The third-order valence-electron chi connectivity index (χ3n) is 3.69. The smallest absolute Gasteiger partial charge is 0.241 e. The fourth-order valence-electron chi connectivity index (χ4n) is 2.29. The number of sulfonamides is 1. The number of nitrogens with one attached hydrogen (secondary N) is 1. The molecule has 0 radical (unpaired) electrons. The molecule has 0 aliphatic rings. The Bertz CT molecular complexity index is 604. The van der Waals surface area contributed by atoms with Crippen LogP contribution in [0, 0.1) is 18.8 Å². The molecule has 0 bridgehead atoms. The van der Waals surface area contributed by atoms with Crippen LogP contribution in [-0.2, 0) is 14.8 Å². The van der Waals surface area contributed by atoms with E-state index in [0.717, 1.165) is 12.0 Å². The summed E-state index contributed by atoms with van der Waals surface area (Å²) < 4.78 is 27.6. The van der Waals surface area contributed by atoms with Crippen LogP contribution in [0.1, 0.15) is 52.5 Å². The SMILES string of the molecule is Cc1ccc(S(=O)(=O)N[C@@H](CC(C)C)C(=O)CCC(C)C)cc1. The molecule has 0 aliphatic heterocycles. The second kappa shape index (κ2) is 8.60. The van der Waals surface area contributed by atoms with Gasteiger partial charge in [0.25, 0.3) is 0 Å². The summed E-state index contributed by atoms with van der Waals surface area (Å²) in [6, 6.07) is 6.00. The first-order chi connectivity index (χ1) is 10.6. The van der Waals surface area contributed by atoms with Gasteiger partial charge in [-0.05, 0) is 43.7 Å². The highest BCUT2D eigenvalue weighted by molar-refractivity contribution is 7.89. The summed E-state index contributed by atoms with van der Waals surface area (Å²) in [6.45, 7) is 10.00. The molecule has 1 aromatic rings. The van der Waals surface area contributed by atoms with Gasteiger partial charge >= 0.3 is 0 Å². The number of hydrogen-bond donors (Lipinski definition) is 1. The Hall–Kier alpha value is -1.20. The van der Waals surface area contributed by atoms with E-state index < -0.39 is 16.1 Å². The average molecular weight is 340 g/mol. The number of carbonyl (C=O) groups excluding carboxylic acids is 1. The van der Waals surface area contributed by atoms with Crippen molar-refractivity contribution in [2.45, 2.75) is 64.8 Å². The number of rotatable bonds is 9. The van der Waals surface area contributed by atoms with Gasteiger partial charge in [0.1, 0.15) is 0 Å². The summed E-state index contributed by atoms with van der Waals surface area (Å²) in [5, 5.41) is 0. The molecule has 0 aliphatic carbocycles. The van der Waals surface area contributed by atoms with Crippen LogP contribution < -0.4 is 4.72 Å². The van der Waals surface area contributed by atoms with Crippen molar-refractivity contribution in [2.75, 3.05) is 0 Å². The third kappa shape index (κ3) is 6.83. The molecule has 4 nitrogen and oxygen atoms in total. The van der Waals surface area contributed by atoms with Crippen molar-refractivity contribution in [3.63, 3.8) is 0 Å². The number of Topliss-reactive ketones (excluding diaryl/α,β-unsaturated/α-hetero) is 1. The molecule has 0 amide bonds. The minimum Gasteiger partial charge on any atom is -0.298 e. The van der Waals surface area contributed by atoms with E-state index in [1.54, 1.807) is 24.3 Å². The third-order valence-corrected chi connectivity index (χ3v) is 5.18. The van der Waals surface area contributed by atoms with Gasteiger partial charge in [0.2, 0.25) is 10.0 Å². The molecule has 0 saturated carbocycles. The molecule has 0 unspecified atom stereocenters. The molecule has 0 fully saturated rings. The van der Waals surface area contributed by atoms with Crippen LogP contribution in [0.5, 0.6) is 0 Å². The van der Waals surface area contributed by atoms with E-state index in [1.165, 1.54) is 0 Å². The van der Waals surface area contributed by atoms with E-state index in [9.17, 15) is 13.2 Å². The van der Waals surface area contributed by atoms with Crippen LogP contribution in [-0.4, -0.2) is 20.2 Å².